The summed E-state index contributed by atoms with van der Waals surface area (Å²) in [4.78, 5) is 25.7. The van der Waals surface area contributed by atoms with Crippen LogP contribution in [0, 0.1) is 0 Å². The molecule has 0 saturated heterocycles. The fraction of sp³-hybridized carbons (Fsp3) is 0.125. The van der Waals surface area contributed by atoms with Crippen molar-refractivity contribution in [2.24, 2.45) is 0 Å². The Morgan fingerprint density at radius 3 is 2.39 bits per heavy atom. The number of benzene rings is 1. The largest absolute Gasteiger partial charge is 0.465 e. The molecule has 2 rings (SSSR count). The molecule has 0 aromatic heterocycles. The van der Waals surface area contributed by atoms with Gasteiger partial charge < -0.3 is 14.4 Å². The summed E-state index contributed by atoms with van der Waals surface area (Å²) in [5.74, 6) is -1.38. The lowest BCUT2D eigenvalue weighted by Gasteiger charge is -2.24. The zero-order valence-electron chi connectivity index (χ0n) is 12.4. The predicted molar refractivity (Wildman–Crippen MR) is 88.3 cm³/mol. The van der Waals surface area contributed by atoms with E-state index in [0.29, 0.717) is 15.7 Å². The highest BCUT2D eigenvalue weighted by atomic mass is 35.5. The number of esters is 2. The van der Waals surface area contributed by atoms with Crippen molar-refractivity contribution in [3.05, 3.63) is 63.9 Å². The number of ether oxygens (including phenoxy) is 2. The van der Waals surface area contributed by atoms with Crippen molar-refractivity contribution in [2.45, 2.75) is 0 Å². The second kappa shape index (κ2) is 7.35. The molecule has 1 aliphatic heterocycles. The number of hydrogen-bond acceptors (Lipinski definition) is 5. The fourth-order valence-corrected chi connectivity index (χ4v) is 2.40. The summed E-state index contributed by atoms with van der Waals surface area (Å²) < 4.78 is 9.54. The molecule has 0 fully saturated rings. The van der Waals surface area contributed by atoms with Gasteiger partial charge in [-0.1, -0.05) is 29.3 Å². The second-order valence-corrected chi connectivity index (χ2v) is 5.26. The maximum absolute atomic E-state index is 12.3. The third-order valence-corrected chi connectivity index (χ3v) is 3.61. The van der Waals surface area contributed by atoms with Crippen LogP contribution in [-0.4, -0.2) is 26.2 Å². The molecule has 0 radical (unpaired) electrons. The number of allylic oxidation sites excluding steroid dienone is 2. The summed E-state index contributed by atoms with van der Waals surface area (Å²) in [6, 6.07) is 4.80. The van der Waals surface area contributed by atoms with E-state index in [0.717, 1.165) is 0 Å². The number of halogens is 2. The number of anilines is 1. The maximum atomic E-state index is 12.3. The molecule has 0 N–H and O–H groups in total. The highest BCUT2D eigenvalue weighted by Crippen LogP contribution is 2.34. The Morgan fingerprint density at radius 2 is 1.74 bits per heavy atom. The fourth-order valence-electron chi connectivity index (χ4n) is 2.02. The standard InChI is InChI=1S/C16H13Cl2NO4/c1-22-15(20)11-5-3-4-8-19(14(11)16(21)23-2)13-9-10(17)6-7-12(13)18/h3-9H,1-2H3. The summed E-state index contributed by atoms with van der Waals surface area (Å²) >= 11 is 12.2. The summed E-state index contributed by atoms with van der Waals surface area (Å²) in [7, 11) is 2.45. The van der Waals surface area contributed by atoms with Crippen LogP contribution in [0.5, 0.6) is 0 Å². The van der Waals surface area contributed by atoms with Crippen LogP contribution in [0.3, 0.4) is 0 Å². The highest BCUT2D eigenvalue weighted by molar-refractivity contribution is 6.35. The van der Waals surface area contributed by atoms with Gasteiger partial charge in [-0.3, -0.25) is 0 Å². The Hall–Kier alpha value is -2.24. The Balaban J connectivity index is 2.71. The lowest BCUT2D eigenvalue weighted by Crippen LogP contribution is -2.27. The van der Waals surface area contributed by atoms with Crippen molar-refractivity contribution in [2.75, 3.05) is 19.1 Å². The van der Waals surface area contributed by atoms with Gasteiger partial charge in [-0.15, -0.1) is 0 Å². The van der Waals surface area contributed by atoms with Gasteiger partial charge in [0, 0.05) is 11.2 Å². The normalized spacial score (nSPS) is 13.8. The van der Waals surface area contributed by atoms with Crippen LogP contribution >= 0.6 is 23.2 Å². The van der Waals surface area contributed by atoms with Crippen LogP contribution in [-0.2, 0) is 19.1 Å². The molecule has 5 nitrogen and oxygen atoms in total. The number of rotatable bonds is 3. The Bertz CT molecular complexity index is 738. The SMILES string of the molecule is COC(=O)C1=C(C(=O)OC)N(c2cc(Cl)ccc2Cl)C=CC=C1. The third kappa shape index (κ3) is 3.57. The van der Waals surface area contributed by atoms with E-state index in [1.807, 2.05) is 0 Å². The molecule has 1 heterocycles. The van der Waals surface area contributed by atoms with Crippen LogP contribution < -0.4 is 4.90 Å². The van der Waals surface area contributed by atoms with E-state index in [1.54, 1.807) is 36.6 Å². The van der Waals surface area contributed by atoms with E-state index in [1.165, 1.54) is 25.2 Å². The topological polar surface area (TPSA) is 55.8 Å². The molecule has 1 aromatic carbocycles. The summed E-state index contributed by atoms with van der Waals surface area (Å²) in [6.45, 7) is 0. The van der Waals surface area contributed by atoms with E-state index in [9.17, 15) is 9.59 Å². The molecule has 1 aliphatic rings. The van der Waals surface area contributed by atoms with Crippen LogP contribution in [0.4, 0.5) is 5.69 Å². The van der Waals surface area contributed by atoms with Crippen LogP contribution in [0.2, 0.25) is 10.0 Å². The van der Waals surface area contributed by atoms with Crippen molar-refractivity contribution < 1.29 is 19.1 Å². The minimum absolute atomic E-state index is 0.0199. The molecule has 7 heteroatoms. The smallest absolute Gasteiger partial charge is 0.355 e. The Morgan fingerprint density at radius 1 is 1.04 bits per heavy atom. The first-order valence-electron chi connectivity index (χ1n) is 6.49. The molecule has 1 aromatic rings. The van der Waals surface area contributed by atoms with Gasteiger partial charge in [-0.2, -0.15) is 0 Å². The van der Waals surface area contributed by atoms with Gasteiger partial charge in [0.05, 0.1) is 30.5 Å². The van der Waals surface area contributed by atoms with Crippen molar-refractivity contribution in [3.63, 3.8) is 0 Å². The third-order valence-electron chi connectivity index (χ3n) is 3.06. The lowest BCUT2D eigenvalue weighted by atomic mass is 10.1. The van der Waals surface area contributed by atoms with E-state index in [-0.39, 0.29) is 11.3 Å². The summed E-state index contributed by atoms with van der Waals surface area (Å²) in [5.41, 5.74) is 0.454. The number of methoxy groups -OCH3 is 2. The first kappa shape index (κ1) is 17.1. The van der Waals surface area contributed by atoms with Crippen LogP contribution in [0.25, 0.3) is 0 Å². The van der Waals surface area contributed by atoms with E-state index in [2.05, 4.69) is 0 Å². The Labute approximate surface area is 143 Å². The zero-order valence-corrected chi connectivity index (χ0v) is 13.9. The molecule has 0 spiro atoms. The van der Waals surface area contributed by atoms with Gasteiger partial charge in [0.25, 0.3) is 0 Å². The van der Waals surface area contributed by atoms with Crippen molar-refractivity contribution in [3.8, 4) is 0 Å². The van der Waals surface area contributed by atoms with Gasteiger partial charge in [0.2, 0.25) is 0 Å². The van der Waals surface area contributed by atoms with Crippen molar-refractivity contribution in [1.82, 2.24) is 0 Å². The minimum atomic E-state index is -0.711. The zero-order chi connectivity index (χ0) is 17.0. The quantitative estimate of drug-likeness (QED) is 0.778. The molecule has 0 aliphatic carbocycles. The molecule has 0 bridgehead atoms. The number of carbonyl (C=O) groups is 2. The van der Waals surface area contributed by atoms with Crippen molar-refractivity contribution in [1.29, 1.82) is 0 Å². The van der Waals surface area contributed by atoms with E-state index in [4.69, 9.17) is 32.7 Å². The maximum Gasteiger partial charge on any atom is 0.355 e. The molecule has 0 amide bonds. The van der Waals surface area contributed by atoms with Crippen LogP contribution in [0.1, 0.15) is 0 Å². The van der Waals surface area contributed by atoms with Crippen molar-refractivity contribution >= 4 is 40.8 Å². The first-order chi connectivity index (χ1) is 11.0. The molecule has 0 unspecified atom stereocenters. The molecular weight excluding hydrogens is 341 g/mol. The van der Waals surface area contributed by atoms with Gasteiger partial charge in [0.15, 0.2) is 0 Å². The highest BCUT2D eigenvalue weighted by Gasteiger charge is 2.28. The monoisotopic (exact) mass is 353 g/mol. The molecule has 120 valence electrons. The predicted octanol–water partition coefficient (Wildman–Crippen LogP) is 3.48. The average Bonchev–Trinajstić information content (AvgIpc) is 2.78. The van der Waals surface area contributed by atoms with Crippen LogP contribution in [0.15, 0.2) is 53.9 Å². The molecule has 0 atom stereocenters. The van der Waals surface area contributed by atoms with Gasteiger partial charge in [-0.25, -0.2) is 9.59 Å². The number of carbonyl (C=O) groups excluding carboxylic acids is 2. The first-order valence-corrected chi connectivity index (χ1v) is 7.25. The Kier molecular flexibility index (Phi) is 5.47. The average molecular weight is 354 g/mol. The summed E-state index contributed by atoms with van der Waals surface area (Å²) in [5, 5.41) is 0.783. The van der Waals surface area contributed by atoms with Gasteiger partial charge in [-0.05, 0) is 30.4 Å². The molecular formula is C16H13Cl2NO4. The van der Waals surface area contributed by atoms with E-state index >= 15 is 0 Å². The lowest BCUT2D eigenvalue weighted by molar-refractivity contribution is -0.139. The molecule has 23 heavy (non-hydrogen) atoms. The summed E-state index contributed by atoms with van der Waals surface area (Å²) in [6.07, 6.45) is 6.30. The minimum Gasteiger partial charge on any atom is -0.465 e. The second-order valence-electron chi connectivity index (χ2n) is 4.41. The number of nitrogens with zero attached hydrogens (tertiary/aromatic N) is 1. The number of hydrogen-bond donors (Lipinski definition) is 0. The van der Waals surface area contributed by atoms with E-state index < -0.39 is 11.9 Å². The molecule has 0 saturated carbocycles. The van der Waals surface area contributed by atoms with Gasteiger partial charge >= 0.3 is 11.9 Å². The van der Waals surface area contributed by atoms with Gasteiger partial charge in [0.1, 0.15) is 5.70 Å².